The van der Waals surface area contributed by atoms with Gasteiger partial charge >= 0.3 is 6.18 Å². The summed E-state index contributed by atoms with van der Waals surface area (Å²) in [4.78, 5) is 12.5. The molecule has 0 aliphatic rings. The minimum atomic E-state index is -4.88. The molecule has 1 heterocycles. The molecule has 2 N–H and O–H groups in total. The summed E-state index contributed by atoms with van der Waals surface area (Å²) >= 11 is 0. The Bertz CT molecular complexity index is 907. The zero-order valence-corrected chi connectivity index (χ0v) is 14.1. The Morgan fingerprint density at radius 3 is 2.23 bits per heavy atom. The van der Waals surface area contributed by atoms with Gasteiger partial charge in [-0.05, 0) is 37.6 Å². The minimum absolute atomic E-state index is 0.0828. The molecule has 0 saturated heterocycles. The van der Waals surface area contributed by atoms with Crippen LogP contribution in [0.3, 0.4) is 0 Å². The fourth-order valence-corrected chi connectivity index (χ4v) is 2.79. The summed E-state index contributed by atoms with van der Waals surface area (Å²) in [6, 6.07) is 7.08. The van der Waals surface area contributed by atoms with E-state index in [1.807, 2.05) is 6.07 Å². The van der Waals surface area contributed by atoms with Gasteiger partial charge in [-0.2, -0.15) is 18.4 Å². The monoisotopic (exact) mass is 366 g/mol. The molecule has 0 radical (unpaired) electrons. The van der Waals surface area contributed by atoms with Crippen LogP contribution in [0.1, 0.15) is 22.3 Å². The van der Waals surface area contributed by atoms with Crippen molar-refractivity contribution in [3.8, 4) is 17.3 Å². The van der Waals surface area contributed by atoms with E-state index in [-0.39, 0.29) is 5.69 Å². The lowest BCUT2D eigenvalue weighted by atomic mass is 10.0. The van der Waals surface area contributed by atoms with Gasteiger partial charge in [-0.15, -0.1) is 0 Å². The lowest BCUT2D eigenvalue weighted by Gasteiger charge is -2.19. The van der Waals surface area contributed by atoms with Gasteiger partial charge in [0.2, 0.25) is 0 Å². The summed E-state index contributed by atoms with van der Waals surface area (Å²) < 4.78 is 40.9. The Morgan fingerprint density at radius 2 is 1.77 bits per heavy atom. The third-order valence-electron chi connectivity index (χ3n) is 3.84. The van der Waals surface area contributed by atoms with E-state index in [4.69, 9.17) is 10.4 Å². The topological polar surface area (TPSA) is 86.2 Å². The van der Waals surface area contributed by atoms with E-state index in [2.05, 4.69) is 0 Å². The molecule has 2 aromatic rings. The summed E-state index contributed by atoms with van der Waals surface area (Å²) in [7, 11) is 0. The first kappa shape index (κ1) is 19.7. The summed E-state index contributed by atoms with van der Waals surface area (Å²) in [6.45, 7) is 2.40. The maximum absolute atomic E-state index is 13.3. The second-order valence-corrected chi connectivity index (χ2v) is 6.06. The third kappa shape index (κ3) is 3.95. The number of hydrogen-bond acceptors (Lipinski definition) is 4. The predicted molar refractivity (Wildman–Crippen MR) is 88.4 cm³/mol. The van der Waals surface area contributed by atoms with Crippen molar-refractivity contribution < 1.29 is 23.4 Å². The van der Waals surface area contributed by atoms with Crippen molar-refractivity contribution in [3.05, 3.63) is 56.9 Å². The lowest BCUT2D eigenvalue weighted by molar-refractivity contribution is -0.137. The summed E-state index contributed by atoms with van der Waals surface area (Å²) in [6.07, 6.45) is -6.24. The second kappa shape index (κ2) is 7.32. The smallest absolute Gasteiger partial charge is 0.394 e. The maximum Gasteiger partial charge on any atom is 0.417 e. The number of nitrogens with zero attached hydrogens (tertiary/aromatic N) is 2. The van der Waals surface area contributed by atoms with Crippen LogP contribution in [0.15, 0.2) is 29.1 Å². The molecule has 0 bridgehead atoms. The van der Waals surface area contributed by atoms with Gasteiger partial charge < -0.3 is 14.8 Å². The molecule has 2 rings (SSSR count). The van der Waals surface area contributed by atoms with Gasteiger partial charge in [0.1, 0.15) is 11.6 Å². The highest BCUT2D eigenvalue weighted by Crippen LogP contribution is 2.34. The number of halogens is 3. The number of aromatic nitrogens is 1. The van der Waals surface area contributed by atoms with Gasteiger partial charge in [0.25, 0.3) is 5.56 Å². The average molecular weight is 366 g/mol. The molecule has 26 heavy (non-hydrogen) atoms. The molecule has 0 aliphatic carbocycles. The standard InChI is InChI=1S/C18H17F3N2O3/c1-10-3-11(2)5-12(4-10)16-6-15(18(19,20)21)14(7-22)17(26)23(16)8-13(25)9-24/h3-6,13,24-25H,8-9H2,1-2H3. The van der Waals surface area contributed by atoms with Crippen LogP contribution in [0.25, 0.3) is 11.3 Å². The molecule has 0 aliphatic heterocycles. The van der Waals surface area contributed by atoms with Gasteiger partial charge in [-0.25, -0.2) is 0 Å². The van der Waals surface area contributed by atoms with E-state index in [0.717, 1.165) is 21.8 Å². The van der Waals surface area contributed by atoms with E-state index in [9.17, 15) is 23.1 Å². The molecule has 0 spiro atoms. The highest BCUT2D eigenvalue weighted by atomic mass is 19.4. The maximum atomic E-state index is 13.3. The van der Waals surface area contributed by atoms with Gasteiger partial charge in [0, 0.05) is 0 Å². The van der Waals surface area contributed by atoms with E-state index >= 15 is 0 Å². The van der Waals surface area contributed by atoms with Crippen molar-refractivity contribution in [2.24, 2.45) is 0 Å². The SMILES string of the molecule is Cc1cc(C)cc(-c2cc(C(F)(F)F)c(C#N)c(=O)n2CC(O)CO)c1. The molecule has 138 valence electrons. The Labute approximate surface area is 147 Å². The molecule has 8 heteroatoms. The van der Waals surface area contributed by atoms with Crippen LogP contribution < -0.4 is 5.56 Å². The first-order valence-electron chi connectivity index (χ1n) is 7.71. The first-order valence-corrected chi connectivity index (χ1v) is 7.71. The molecule has 1 aromatic heterocycles. The van der Waals surface area contributed by atoms with Gasteiger partial charge in [-0.3, -0.25) is 4.79 Å². The quantitative estimate of drug-likeness (QED) is 0.870. The van der Waals surface area contributed by atoms with Gasteiger partial charge in [0.05, 0.1) is 30.5 Å². The molecule has 1 unspecified atom stereocenters. The van der Waals surface area contributed by atoms with Crippen LogP contribution in [0.5, 0.6) is 0 Å². The number of benzene rings is 1. The largest absolute Gasteiger partial charge is 0.417 e. The zero-order chi connectivity index (χ0) is 19.6. The number of aliphatic hydroxyl groups is 2. The average Bonchev–Trinajstić information content (AvgIpc) is 2.54. The fourth-order valence-electron chi connectivity index (χ4n) is 2.79. The third-order valence-corrected chi connectivity index (χ3v) is 3.84. The normalized spacial score (nSPS) is 12.7. The molecule has 0 saturated carbocycles. The number of aliphatic hydroxyl groups excluding tert-OH is 2. The Hall–Kier alpha value is -2.63. The zero-order valence-electron chi connectivity index (χ0n) is 14.1. The summed E-state index contributed by atoms with van der Waals surface area (Å²) in [5.74, 6) is 0. The molecule has 0 fully saturated rings. The van der Waals surface area contributed by atoms with Gasteiger partial charge in [-0.1, -0.05) is 17.2 Å². The van der Waals surface area contributed by atoms with E-state index in [1.54, 1.807) is 26.0 Å². The number of rotatable bonds is 4. The van der Waals surface area contributed by atoms with Crippen molar-refractivity contribution in [1.82, 2.24) is 4.57 Å². The highest BCUT2D eigenvalue weighted by Gasteiger charge is 2.36. The van der Waals surface area contributed by atoms with Crippen molar-refractivity contribution in [2.45, 2.75) is 32.7 Å². The molecule has 1 aromatic carbocycles. The Balaban J connectivity index is 2.89. The van der Waals surface area contributed by atoms with Crippen LogP contribution in [-0.4, -0.2) is 27.5 Å². The number of pyridine rings is 1. The second-order valence-electron chi connectivity index (χ2n) is 6.06. The number of aryl methyl sites for hydroxylation is 2. The van der Waals surface area contributed by atoms with Crippen LogP contribution in [0, 0.1) is 25.2 Å². The Kier molecular flexibility index (Phi) is 5.54. The predicted octanol–water partition coefficient (Wildman–Crippen LogP) is 2.38. The van der Waals surface area contributed by atoms with Crippen molar-refractivity contribution in [2.75, 3.05) is 6.61 Å². The van der Waals surface area contributed by atoms with Gasteiger partial charge in [0.15, 0.2) is 0 Å². The number of hydrogen-bond donors (Lipinski definition) is 2. The first-order chi connectivity index (χ1) is 12.1. The fraction of sp³-hybridized carbons (Fsp3) is 0.333. The van der Waals surface area contributed by atoms with Crippen molar-refractivity contribution >= 4 is 0 Å². The molecular weight excluding hydrogens is 349 g/mol. The molecule has 0 amide bonds. The Morgan fingerprint density at radius 1 is 1.19 bits per heavy atom. The van der Waals surface area contributed by atoms with Crippen molar-refractivity contribution in [1.29, 1.82) is 5.26 Å². The van der Waals surface area contributed by atoms with Crippen LogP contribution in [-0.2, 0) is 12.7 Å². The van der Waals surface area contributed by atoms with E-state index in [1.165, 1.54) is 6.07 Å². The van der Waals surface area contributed by atoms with Crippen LogP contribution >= 0.6 is 0 Å². The van der Waals surface area contributed by atoms with E-state index in [0.29, 0.717) is 5.56 Å². The highest BCUT2D eigenvalue weighted by molar-refractivity contribution is 5.64. The van der Waals surface area contributed by atoms with Crippen molar-refractivity contribution in [3.63, 3.8) is 0 Å². The summed E-state index contributed by atoms with van der Waals surface area (Å²) in [5, 5.41) is 27.8. The summed E-state index contributed by atoms with van der Waals surface area (Å²) in [5.41, 5.74) is -1.71. The molecule has 1 atom stereocenters. The van der Waals surface area contributed by atoms with Crippen LogP contribution in [0.4, 0.5) is 13.2 Å². The number of alkyl halides is 3. The van der Waals surface area contributed by atoms with E-state index < -0.39 is 42.1 Å². The lowest BCUT2D eigenvalue weighted by Crippen LogP contribution is -2.33. The molecular formula is C18H17F3N2O3. The molecule has 5 nitrogen and oxygen atoms in total. The minimum Gasteiger partial charge on any atom is -0.394 e. The van der Waals surface area contributed by atoms with Crippen LogP contribution in [0.2, 0.25) is 0 Å². The number of nitriles is 1.